The third kappa shape index (κ3) is 4.35. The van der Waals surface area contributed by atoms with Crippen molar-refractivity contribution in [1.82, 2.24) is 0 Å². The van der Waals surface area contributed by atoms with E-state index in [0.29, 0.717) is 11.1 Å². The van der Waals surface area contributed by atoms with Gasteiger partial charge in [-0.2, -0.15) is 0 Å². The molecule has 0 spiro atoms. The number of hydrogen-bond donors (Lipinski definition) is 4. The normalized spacial score (nSPS) is 13.6. The third-order valence-corrected chi connectivity index (χ3v) is 9.65. The fourth-order valence-corrected chi connectivity index (χ4v) is 7.24. The van der Waals surface area contributed by atoms with Gasteiger partial charge in [0.25, 0.3) is 0 Å². The molecule has 0 radical (unpaired) electrons. The van der Waals surface area contributed by atoms with Gasteiger partial charge >= 0.3 is 0 Å². The van der Waals surface area contributed by atoms with Crippen molar-refractivity contribution >= 4 is 55.5 Å². The Morgan fingerprint density at radius 3 is 1.24 bits per heavy atom. The highest BCUT2D eigenvalue weighted by Gasteiger charge is 2.44. The lowest BCUT2D eigenvalue weighted by molar-refractivity contribution is 0.403. The first-order valence-corrected chi connectivity index (χ1v) is 16.0. The van der Waals surface area contributed by atoms with Gasteiger partial charge in [-0.05, 0) is 103 Å². The molecule has 0 fully saturated rings. The molecule has 0 saturated heterocycles. The average molecular weight is 637 g/mol. The van der Waals surface area contributed by atoms with E-state index in [1.54, 1.807) is 24.3 Å². The van der Waals surface area contributed by atoms with Crippen molar-refractivity contribution in [2.24, 2.45) is 9.98 Å². The molecule has 0 amide bonds. The highest BCUT2D eigenvalue weighted by Crippen LogP contribution is 2.56. The fraction of sp³-hybridized carbons (Fsp3) is 0.0233. The van der Waals surface area contributed by atoms with Gasteiger partial charge in [-0.1, -0.05) is 84.9 Å². The number of benzene rings is 8. The number of para-hydroxylation sites is 2. The van der Waals surface area contributed by atoms with E-state index in [4.69, 9.17) is 9.98 Å². The van der Waals surface area contributed by atoms with Crippen LogP contribution in [-0.2, 0) is 5.66 Å². The second kappa shape index (κ2) is 10.7. The summed E-state index contributed by atoms with van der Waals surface area (Å²) in [7, 11) is 0. The Morgan fingerprint density at radius 1 is 0.408 bits per heavy atom. The Balaban J connectivity index is 1.43. The molecule has 1 aliphatic rings. The second-order valence-electron chi connectivity index (χ2n) is 12.4. The first-order valence-electron chi connectivity index (χ1n) is 16.0. The minimum atomic E-state index is -1.37. The molecule has 0 aliphatic heterocycles. The summed E-state index contributed by atoms with van der Waals surface area (Å²) in [4.78, 5) is 10.4. The Morgan fingerprint density at radius 2 is 0.816 bits per heavy atom. The Hall–Kier alpha value is -6.66. The zero-order valence-corrected chi connectivity index (χ0v) is 26.0. The molecule has 0 aromatic heterocycles. The van der Waals surface area contributed by atoms with Gasteiger partial charge in [0, 0.05) is 34.7 Å². The number of phenolic OH excluding ortho intramolecular Hbond substituents is 4. The van der Waals surface area contributed by atoms with E-state index >= 15 is 0 Å². The number of hydrogen-bond acceptors (Lipinski definition) is 6. The van der Waals surface area contributed by atoms with Crippen molar-refractivity contribution in [1.29, 1.82) is 0 Å². The Kier molecular flexibility index (Phi) is 6.23. The Bertz CT molecular complexity index is 2540. The van der Waals surface area contributed by atoms with Crippen LogP contribution in [-0.4, -0.2) is 32.9 Å². The van der Waals surface area contributed by atoms with E-state index in [9.17, 15) is 20.4 Å². The van der Waals surface area contributed by atoms with Crippen molar-refractivity contribution in [2.45, 2.75) is 5.66 Å². The molecule has 0 atom stereocenters. The van der Waals surface area contributed by atoms with E-state index in [0.717, 1.165) is 65.3 Å². The van der Waals surface area contributed by atoms with Gasteiger partial charge in [0.05, 0.1) is 0 Å². The predicted molar refractivity (Wildman–Crippen MR) is 197 cm³/mol. The minimum absolute atomic E-state index is 0.255. The van der Waals surface area contributed by atoms with Crippen LogP contribution in [0, 0.1) is 0 Å². The molecule has 234 valence electrons. The maximum Gasteiger partial charge on any atom is 0.202 e. The second-order valence-corrected chi connectivity index (χ2v) is 12.4. The third-order valence-electron chi connectivity index (χ3n) is 9.65. The summed E-state index contributed by atoms with van der Waals surface area (Å²) >= 11 is 0. The molecule has 8 aromatic carbocycles. The molecule has 49 heavy (non-hydrogen) atoms. The zero-order chi connectivity index (χ0) is 33.3. The van der Waals surface area contributed by atoms with Gasteiger partial charge in [-0.25, -0.2) is 0 Å². The monoisotopic (exact) mass is 636 g/mol. The SMILES string of the molecule is Oc1cccc(/C=N/C2(/N=C/c3cccc(O)c3O)c3ccc4cc5ccccc5cc4c3-c3c2ccc2cc4ccccc4cc32)c1O. The largest absolute Gasteiger partial charge is 0.504 e. The molecule has 0 heterocycles. The first kappa shape index (κ1) is 28.6. The molecular formula is C43H28N2O4. The summed E-state index contributed by atoms with van der Waals surface area (Å²) in [6, 6.07) is 43.2. The summed E-state index contributed by atoms with van der Waals surface area (Å²) in [5.74, 6) is -1.09. The van der Waals surface area contributed by atoms with Gasteiger partial charge < -0.3 is 20.4 Å². The van der Waals surface area contributed by atoms with Crippen LogP contribution in [0.3, 0.4) is 0 Å². The maximum absolute atomic E-state index is 10.8. The summed E-state index contributed by atoms with van der Waals surface area (Å²) in [5.41, 5.74) is 2.89. The van der Waals surface area contributed by atoms with Gasteiger partial charge in [0.2, 0.25) is 5.66 Å². The van der Waals surface area contributed by atoms with E-state index in [1.165, 1.54) is 24.6 Å². The predicted octanol–water partition coefficient (Wildman–Crippen LogP) is 9.54. The highest BCUT2D eigenvalue weighted by atomic mass is 16.3. The molecule has 9 rings (SSSR count). The smallest absolute Gasteiger partial charge is 0.202 e. The van der Waals surface area contributed by atoms with Gasteiger partial charge in [0.15, 0.2) is 23.0 Å². The zero-order valence-electron chi connectivity index (χ0n) is 26.0. The molecule has 6 heteroatoms. The molecule has 1 aliphatic carbocycles. The van der Waals surface area contributed by atoms with Crippen molar-refractivity contribution < 1.29 is 20.4 Å². The Labute approximate surface area is 280 Å². The van der Waals surface area contributed by atoms with Crippen LogP contribution in [0.25, 0.3) is 54.2 Å². The quantitative estimate of drug-likeness (QED) is 0.0877. The van der Waals surface area contributed by atoms with Gasteiger partial charge in [0.1, 0.15) is 0 Å². The average Bonchev–Trinajstić information content (AvgIpc) is 3.41. The van der Waals surface area contributed by atoms with Crippen LogP contribution < -0.4 is 0 Å². The fourth-order valence-electron chi connectivity index (χ4n) is 7.24. The number of nitrogens with zero attached hydrogens (tertiary/aromatic N) is 2. The lowest BCUT2D eigenvalue weighted by atomic mass is 9.91. The number of rotatable bonds is 4. The minimum Gasteiger partial charge on any atom is -0.504 e. The van der Waals surface area contributed by atoms with Crippen molar-refractivity contribution in [3.05, 3.63) is 156 Å². The number of phenols is 4. The molecule has 0 bridgehead atoms. The van der Waals surface area contributed by atoms with E-state index in [-0.39, 0.29) is 23.0 Å². The lowest BCUT2D eigenvalue weighted by Crippen LogP contribution is -2.21. The van der Waals surface area contributed by atoms with Crippen LogP contribution >= 0.6 is 0 Å². The summed E-state index contributed by atoms with van der Waals surface area (Å²) in [6.45, 7) is 0. The van der Waals surface area contributed by atoms with Crippen LogP contribution in [0.5, 0.6) is 23.0 Å². The van der Waals surface area contributed by atoms with Crippen molar-refractivity contribution in [3.63, 3.8) is 0 Å². The van der Waals surface area contributed by atoms with E-state index < -0.39 is 5.66 Å². The summed E-state index contributed by atoms with van der Waals surface area (Å²) < 4.78 is 0. The molecule has 0 saturated carbocycles. The molecule has 8 aromatic rings. The van der Waals surface area contributed by atoms with Crippen LogP contribution in [0.4, 0.5) is 0 Å². The first-order chi connectivity index (χ1) is 23.9. The lowest BCUT2D eigenvalue weighted by Gasteiger charge is -2.24. The molecular weight excluding hydrogens is 608 g/mol. The van der Waals surface area contributed by atoms with E-state index in [1.807, 2.05) is 24.3 Å². The number of aromatic hydroxyl groups is 4. The molecule has 4 N–H and O–H groups in total. The number of aliphatic imine (C=N–C) groups is 2. The summed E-state index contributed by atoms with van der Waals surface area (Å²) in [6.07, 6.45) is 3.06. The van der Waals surface area contributed by atoms with Crippen LogP contribution in [0.2, 0.25) is 0 Å². The van der Waals surface area contributed by atoms with Gasteiger partial charge in [-0.3, -0.25) is 9.98 Å². The maximum atomic E-state index is 10.8. The van der Waals surface area contributed by atoms with Crippen LogP contribution in [0.1, 0.15) is 22.3 Å². The van der Waals surface area contributed by atoms with Crippen LogP contribution in [0.15, 0.2) is 143 Å². The molecule has 0 unspecified atom stereocenters. The topological polar surface area (TPSA) is 106 Å². The van der Waals surface area contributed by atoms with E-state index in [2.05, 4.69) is 72.8 Å². The number of fused-ring (bicyclic) bond motifs is 9. The van der Waals surface area contributed by atoms with Gasteiger partial charge in [-0.15, -0.1) is 0 Å². The van der Waals surface area contributed by atoms with Crippen molar-refractivity contribution in [2.75, 3.05) is 0 Å². The van der Waals surface area contributed by atoms with Crippen molar-refractivity contribution in [3.8, 4) is 34.1 Å². The summed E-state index contributed by atoms with van der Waals surface area (Å²) in [5, 5.41) is 50.8. The molecule has 6 nitrogen and oxygen atoms in total. The highest BCUT2D eigenvalue weighted by molar-refractivity contribution is 6.16. The standard InChI is InChI=1S/C43H28N2O4/c46-37-13-5-11-31(41(37)48)23-44-43(45-24-32-12-6-14-38(47)42(32)49)35-17-15-29-19-25-7-1-3-9-27(25)21-33(29)39(35)40-34-22-28-10-4-2-8-26(28)20-30(34)16-18-36(40)43/h1-24,46-49H/b44-23+,45-24+.